The SMILES string of the molecule is CN1CCN(Cc2ccc(N=C(c3ccccc3)c3c(O)[nH]c4ccc(S(=O)(=O)NCC5CC5)cc34)cc2)CC1. The topological polar surface area (TPSA) is 101 Å². The lowest BCUT2D eigenvalue weighted by atomic mass is 10.0. The molecule has 0 atom stereocenters. The zero-order chi connectivity index (χ0) is 27.7. The van der Waals surface area contributed by atoms with Gasteiger partial charge in [-0.3, -0.25) is 4.90 Å². The minimum absolute atomic E-state index is 0.0511. The van der Waals surface area contributed by atoms with Crippen LogP contribution in [0.2, 0.25) is 0 Å². The van der Waals surface area contributed by atoms with Gasteiger partial charge in [-0.2, -0.15) is 0 Å². The largest absolute Gasteiger partial charge is 0.494 e. The van der Waals surface area contributed by atoms with Crippen LogP contribution in [-0.2, 0) is 16.6 Å². The molecule has 8 nitrogen and oxygen atoms in total. The Balaban J connectivity index is 1.35. The van der Waals surface area contributed by atoms with Gasteiger partial charge in [0.15, 0.2) is 5.88 Å². The van der Waals surface area contributed by atoms with Crippen molar-refractivity contribution in [1.82, 2.24) is 19.5 Å². The monoisotopic (exact) mass is 557 g/mol. The fourth-order valence-corrected chi connectivity index (χ4v) is 6.27. The second kappa shape index (κ2) is 11.2. The summed E-state index contributed by atoms with van der Waals surface area (Å²) in [5.74, 6) is 0.375. The standard InChI is InChI=1S/C31H35N5O3S/c1-35-15-17-36(18-16-35)21-23-9-11-25(12-10-23)33-30(24-5-3-2-4-6-24)29-27-19-26(13-14-28(27)34-31(29)37)40(38,39)32-20-22-7-8-22/h2-6,9-14,19,22,32,34,37H,7-8,15-18,20-21H2,1H3. The molecule has 2 fully saturated rings. The van der Waals surface area contributed by atoms with Crippen molar-refractivity contribution in [2.45, 2.75) is 24.3 Å². The first kappa shape index (κ1) is 26.7. The molecule has 0 spiro atoms. The van der Waals surface area contributed by atoms with E-state index in [2.05, 4.69) is 38.7 Å². The van der Waals surface area contributed by atoms with Crippen molar-refractivity contribution < 1.29 is 13.5 Å². The molecule has 0 radical (unpaired) electrons. The quantitative estimate of drug-likeness (QED) is 0.264. The highest BCUT2D eigenvalue weighted by atomic mass is 32.2. The Morgan fingerprint density at radius 2 is 1.73 bits per heavy atom. The molecule has 2 aliphatic rings. The maximum absolute atomic E-state index is 13.0. The fraction of sp³-hybridized carbons (Fsp3) is 0.323. The van der Waals surface area contributed by atoms with Crippen molar-refractivity contribution in [2.75, 3.05) is 39.8 Å². The zero-order valence-electron chi connectivity index (χ0n) is 22.7. The molecule has 208 valence electrons. The van der Waals surface area contributed by atoms with Gasteiger partial charge < -0.3 is 15.0 Å². The fourth-order valence-electron chi connectivity index (χ4n) is 5.13. The highest BCUT2D eigenvalue weighted by Gasteiger charge is 2.26. The number of rotatable bonds is 9. The Hall–Kier alpha value is -3.50. The molecule has 1 saturated heterocycles. The molecular formula is C31H35N5O3S. The third-order valence-corrected chi connectivity index (χ3v) is 9.20. The van der Waals surface area contributed by atoms with Gasteiger partial charge in [0, 0.05) is 55.7 Å². The van der Waals surface area contributed by atoms with Gasteiger partial charge in [-0.1, -0.05) is 42.5 Å². The molecule has 0 amide bonds. The van der Waals surface area contributed by atoms with E-state index >= 15 is 0 Å². The maximum atomic E-state index is 13.0. The first-order valence-electron chi connectivity index (χ1n) is 13.8. The Kier molecular flexibility index (Phi) is 7.46. The van der Waals surface area contributed by atoms with E-state index in [1.54, 1.807) is 18.2 Å². The van der Waals surface area contributed by atoms with Gasteiger partial charge in [0.1, 0.15) is 0 Å². The molecule has 4 aromatic rings. The summed E-state index contributed by atoms with van der Waals surface area (Å²) in [4.78, 5) is 13.0. The van der Waals surface area contributed by atoms with E-state index in [9.17, 15) is 13.5 Å². The molecule has 3 aromatic carbocycles. The average molecular weight is 558 g/mol. The van der Waals surface area contributed by atoms with Gasteiger partial charge in [0.05, 0.1) is 21.9 Å². The summed E-state index contributed by atoms with van der Waals surface area (Å²) in [7, 11) is -1.52. The van der Waals surface area contributed by atoms with E-state index in [0.29, 0.717) is 34.6 Å². The van der Waals surface area contributed by atoms with Crippen molar-refractivity contribution in [2.24, 2.45) is 10.9 Å². The number of benzene rings is 3. The van der Waals surface area contributed by atoms with Crippen LogP contribution >= 0.6 is 0 Å². The van der Waals surface area contributed by atoms with E-state index in [1.807, 2.05) is 42.5 Å². The first-order chi connectivity index (χ1) is 19.4. The molecule has 1 aliphatic carbocycles. The number of fused-ring (bicyclic) bond motifs is 1. The van der Waals surface area contributed by atoms with Gasteiger partial charge in [-0.15, -0.1) is 0 Å². The Bertz CT molecular complexity index is 1620. The number of likely N-dealkylation sites (N-methyl/N-ethyl adjacent to an activating group) is 1. The lowest BCUT2D eigenvalue weighted by Crippen LogP contribution is -2.43. The van der Waals surface area contributed by atoms with Crippen molar-refractivity contribution in [3.63, 3.8) is 0 Å². The van der Waals surface area contributed by atoms with Crippen LogP contribution < -0.4 is 4.72 Å². The van der Waals surface area contributed by atoms with Gasteiger partial charge in [0.25, 0.3) is 0 Å². The Morgan fingerprint density at radius 3 is 2.42 bits per heavy atom. The minimum Gasteiger partial charge on any atom is -0.494 e. The third-order valence-electron chi connectivity index (χ3n) is 7.78. The molecule has 1 saturated carbocycles. The van der Waals surface area contributed by atoms with E-state index in [-0.39, 0.29) is 10.8 Å². The van der Waals surface area contributed by atoms with Crippen LogP contribution in [0.15, 0.2) is 82.7 Å². The summed E-state index contributed by atoms with van der Waals surface area (Å²) < 4.78 is 28.8. The zero-order valence-corrected chi connectivity index (χ0v) is 23.5. The van der Waals surface area contributed by atoms with E-state index in [4.69, 9.17) is 4.99 Å². The van der Waals surface area contributed by atoms with Gasteiger partial charge in [-0.05, 0) is 61.7 Å². The number of aliphatic imine (C=N–C) groups is 1. The summed E-state index contributed by atoms with van der Waals surface area (Å²) in [6, 6.07) is 22.7. The second-order valence-corrected chi connectivity index (χ2v) is 12.7. The summed E-state index contributed by atoms with van der Waals surface area (Å²) in [5, 5.41) is 11.7. The number of piperazine rings is 1. The van der Waals surface area contributed by atoms with Crippen LogP contribution in [0.4, 0.5) is 5.69 Å². The smallest absolute Gasteiger partial charge is 0.240 e. The first-order valence-corrected chi connectivity index (χ1v) is 15.3. The Labute approximate surface area is 235 Å². The van der Waals surface area contributed by atoms with Crippen LogP contribution in [0.3, 0.4) is 0 Å². The number of nitrogens with one attached hydrogen (secondary N) is 2. The number of H-pyrrole nitrogens is 1. The molecule has 3 N–H and O–H groups in total. The highest BCUT2D eigenvalue weighted by Crippen LogP contribution is 2.33. The summed E-state index contributed by atoms with van der Waals surface area (Å²) in [6.07, 6.45) is 2.12. The van der Waals surface area contributed by atoms with Crippen molar-refractivity contribution in [3.05, 3.63) is 89.5 Å². The highest BCUT2D eigenvalue weighted by molar-refractivity contribution is 7.89. The van der Waals surface area contributed by atoms with Crippen molar-refractivity contribution in [3.8, 4) is 5.88 Å². The number of aromatic hydroxyl groups is 1. The average Bonchev–Trinajstić information content (AvgIpc) is 3.74. The molecule has 0 bridgehead atoms. The predicted molar refractivity (Wildman–Crippen MR) is 159 cm³/mol. The third kappa shape index (κ3) is 5.97. The minimum atomic E-state index is -3.68. The van der Waals surface area contributed by atoms with Crippen molar-refractivity contribution >= 4 is 32.3 Å². The number of aromatic amines is 1. The number of sulfonamides is 1. The lowest BCUT2D eigenvalue weighted by molar-refractivity contribution is 0.148. The summed E-state index contributed by atoms with van der Waals surface area (Å²) in [5.41, 5.74) is 4.48. The molecule has 2 heterocycles. The molecule has 1 aromatic heterocycles. The van der Waals surface area contributed by atoms with Crippen LogP contribution in [0.5, 0.6) is 5.88 Å². The molecule has 6 rings (SSSR count). The predicted octanol–water partition coefficient (Wildman–Crippen LogP) is 4.48. The van der Waals surface area contributed by atoms with Gasteiger partial charge in [-0.25, -0.2) is 18.1 Å². The van der Waals surface area contributed by atoms with Crippen LogP contribution in [-0.4, -0.2) is 73.8 Å². The van der Waals surface area contributed by atoms with Crippen LogP contribution in [0.25, 0.3) is 10.9 Å². The molecule has 1 aliphatic heterocycles. The van der Waals surface area contributed by atoms with Crippen LogP contribution in [0.1, 0.15) is 29.5 Å². The molecule has 40 heavy (non-hydrogen) atoms. The summed E-state index contributed by atoms with van der Waals surface area (Å²) >= 11 is 0. The maximum Gasteiger partial charge on any atom is 0.240 e. The summed E-state index contributed by atoms with van der Waals surface area (Å²) in [6.45, 7) is 5.63. The van der Waals surface area contributed by atoms with Crippen molar-refractivity contribution in [1.29, 1.82) is 0 Å². The van der Waals surface area contributed by atoms with Gasteiger partial charge in [0.2, 0.25) is 10.0 Å². The normalized spacial score (nSPS) is 17.5. The van der Waals surface area contributed by atoms with E-state index in [0.717, 1.165) is 56.8 Å². The second-order valence-electron chi connectivity index (χ2n) is 10.9. The van der Waals surface area contributed by atoms with E-state index in [1.165, 1.54) is 5.56 Å². The number of aromatic nitrogens is 1. The lowest BCUT2D eigenvalue weighted by Gasteiger charge is -2.32. The van der Waals surface area contributed by atoms with Gasteiger partial charge >= 0.3 is 0 Å². The number of hydrogen-bond donors (Lipinski definition) is 3. The van der Waals surface area contributed by atoms with E-state index < -0.39 is 10.0 Å². The molecule has 0 unspecified atom stereocenters. The number of nitrogens with zero attached hydrogens (tertiary/aromatic N) is 3. The Morgan fingerprint density at radius 1 is 1.00 bits per heavy atom. The molecular weight excluding hydrogens is 522 g/mol. The number of hydrogen-bond acceptors (Lipinski definition) is 6. The van der Waals surface area contributed by atoms with Crippen LogP contribution in [0, 0.1) is 5.92 Å². The molecule has 9 heteroatoms.